The number of carbonyl (C=O) groups excluding carboxylic acids is 2. The van der Waals surface area contributed by atoms with Crippen LogP contribution in [-0.2, 0) is 17.8 Å². The van der Waals surface area contributed by atoms with E-state index < -0.39 is 5.91 Å². The Morgan fingerprint density at radius 1 is 1.24 bits per heavy atom. The van der Waals surface area contributed by atoms with Crippen LogP contribution in [0.3, 0.4) is 0 Å². The summed E-state index contributed by atoms with van der Waals surface area (Å²) < 4.78 is 6.94. The molecule has 3 aromatic rings. The van der Waals surface area contributed by atoms with Crippen molar-refractivity contribution in [2.24, 2.45) is 5.73 Å². The first-order chi connectivity index (χ1) is 16.4. The van der Waals surface area contributed by atoms with Crippen molar-refractivity contribution in [3.63, 3.8) is 0 Å². The third kappa shape index (κ3) is 5.20. The molecule has 2 aromatic heterocycles. The summed E-state index contributed by atoms with van der Waals surface area (Å²) in [5.74, 6) is 0.367. The van der Waals surface area contributed by atoms with Gasteiger partial charge in [0.15, 0.2) is 5.65 Å². The summed E-state index contributed by atoms with van der Waals surface area (Å²) in [4.78, 5) is 31.2. The molecule has 0 radical (unpaired) electrons. The number of carbonyl (C=O) groups is 2. The first-order valence-corrected chi connectivity index (χ1v) is 11.6. The molecule has 0 bridgehead atoms. The summed E-state index contributed by atoms with van der Waals surface area (Å²) >= 11 is 0. The molecule has 1 aliphatic rings. The fourth-order valence-corrected chi connectivity index (χ4v) is 4.65. The highest BCUT2D eigenvalue weighted by atomic mass is 16.5. The standard InChI is InChI=1S/C25H32N6O3/c1-16-21(17(2)31-25(28-16)22(14-27-31)24(26)33)7-8-23(32)29-19-9-11-30(12-10-19)15-18-5-4-6-20(13-18)34-3/h4-6,13-14,19H,7-12,15H2,1-3H3,(H2,26,33)(H,29,32). The molecule has 34 heavy (non-hydrogen) atoms. The maximum absolute atomic E-state index is 12.7. The predicted molar refractivity (Wildman–Crippen MR) is 129 cm³/mol. The second kappa shape index (κ2) is 10.2. The number of hydrogen-bond donors (Lipinski definition) is 2. The molecule has 1 aliphatic heterocycles. The minimum atomic E-state index is -0.553. The van der Waals surface area contributed by atoms with E-state index in [1.54, 1.807) is 11.6 Å². The number of aryl methyl sites for hydroxylation is 2. The third-order valence-electron chi connectivity index (χ3n) is 6.57. The van der Waals surface area contributed by atoms with Gasteiger partial charge in [-0.3, -0.25) is 14.5 Å². The van der Waals surface area contributed by atoms with Gasteiger partial charge in [0.1, 0.15) is 11.3 Å². The molecule has 1 fully saturated rings. The highest BCUT2D eigenvalue weighted by Crippen LogP contribution is 2.20. The van der Waals surface area contributed by atoms with E-state index in [1.165, 1.54) is 11.8 Å². The molecule has 0 unspecified atom stereocenters. The smallest absolute Gasteiger partial charge is 0.254 e. The Morgan fingerprint density at radius 2 is 2.00 bits per heavy atom. The van der Waals surface area contributed by atoms with Gasteiger partial charge in [0.25, 0.3) is 5.91 Å². The highest BCUT2D eigenvalue weighted by molar-refractivity contribution is 5.98. The van der Waals surface area contributed by atoms with E-state index in [0.29, 0.717) is 24.1 Å². The second-order valence-corrected chi connectivity index (χ2v) is 8.89. The predicted octanol–water partition coefficient (Wildman–Crippen LogP) is 2.17. The number of nitrogens with zero attached hydrogens (tertiary/aromatic N) is 4. The van der Waals surface area contributed by atoms with Crippen molar-refractivity contribution in [2.75, 3.05) is 20.2 Å². The molecule has 3 heterocycles. The summed E-state index contributed by atoms with van der Waals surface area (Å²) in [6.07, 6.45) is 4.25. The van der Waals surface area contributed by atoms with Crippen molar-refractivity contribution in [1.82, 2.24) is 24.8 Å². The second-order valence-electron chi connectivity index (χ2n) is 8.89. The van der Waals surface area contributed by atoms with Crippen molar-refractivity contribution in [1.29, 1.82) is 0 Å². The number of primary amides is 1. The van der Waals surface area contributed by atoms with Crippen LogP contribution in [0.25, 0.3) is 5.65 Å². The molecule has 180 valence electrons. The van der Waals surface area contributed by atoms with E-state index in [9.17, 15) is 9.59 Å². The van der Waals surface area contributed by atoms with E-state index in [2.05, 4.69) is 32.4 Å². The number of amides is 2. The van der Waals surface area contributed by atoms with Crippen LogP contribution in [-0.4, -0.2) is 57.6 Å². The van der Waals surface area contributed by atoms with Gasteiger partial charge >= 0.3 is 0 Å². The summed E-state index contributed by atoms with van der Waals surface area (Å²) in [6.45, 7) is 6.59. The van der Waals surface area contributed by atoms with Crippen LogP contribution in [0.1, 0.15) is 52.1 Å². The van der Waals surface area contributed by atoms with Crippen molar-refractivity contribution in [3.8, 4) is 5.75 Å². The minimum Gasteiger partial charge on any atom is -0.497 e. The Hall–Kier alpha value is -3.46. The number of nitrogens with one attached hydrogen (secondary N) is 1. The number of benzene rings is 1. The normalized spacial score (nSPS) is 14.9. The molecule has 0 saturated carbocycles. The number of rotatable bonds is 8. The molecule has 1 saturated heterocycles. The van der Waals surface area contributed by atoms with Crippen LogP contribution in [0.2, 0.25) is 0 Å². The quantitative estimate of drug-likeness (QED) is 0.528. The summed E-state index contributed by atoms with van der Waals surface area (Å²) in [6, 6.07) is 8.35. The molecule has 0 spiro atoms. The number of aromatic nitrogens is 3. The molecular weight excluding hydrogens is 432 g/mol. The maximum Gasteiger partial charge on any atom is 0.254 e. The average Bonchev–Trinajstić information content (AvgIpc) is 3.24. The van der Waals surface area contributed by atoms with Gasteiger partial charge in [-0.1, -0.05) is 12.1 Å². The molecule has 4 rings (SSSR count). The number of fused-ring (bicyclic) bond motifs is 1. The molecule has 9 heteroatoms. The van der Waals surface area contributed by atoms with Gasteiger partial charge in [0.05, 0.1) is 13.3 Å². The van der Waals surface area contributed by atoms with Gasteiger partial charge in [-0.05, 0) is 56.4 Å². The van der Waals surface area contributed by atoms with E-state index in [1.807, 2.05) is 26.0 Å². The lowest BCUT2D eigenvalue weighted by Gasteiger charge is -2.32. The van der Waals surface area contributed by atoms with Crippen LogP contribution in [0.4, 0.5) is 0 Å². The molecule has 3 N–H and O–H groups in total. The topological polar surface area (TPSA) is 115 Å². The fraction of sp³-hybridized carbons (Fsp3) is 0.440. The number of piperidine rings is 1. The van der Waals surface area contributed by atoms with Gasteiger partial charge in [-0.2, -0.15) is 5.10 Å². The lowest BCUT2D eigenvalue weighted by molar-refractivity contribution is -0.122. The Balaban J connectivity index is 1.28. The van der Waals surface area contributed by atoms with Gasteiger partial charge in [-0.25, -0.2) is 9.50 Å². The zero-order valence-corrected chi connectivity index (χ0v) is 20.0. The zero-order valence-electron chi connectivity index (χ0n) is 20.0. The van der Waals surface area contributed by atoms with Gasteiger partial charge in [-0.15, -0.1) is 0 Å². The SMILES string of the molecule is COc1cccc(CN2CCC(NC(=O)CCc3c(C)nc4c(C(N)=O)cnn4c3C)CC2)c1. The van der Waals surface area contributed by atoms with Crippen LogP contribution in [0, 0.1) is 13.8 Å². The Bertz CT molecular complexity index is 1200. The first-order valence-electron chi connectivity index (χ1n) is 11.6. The number of nitrogens with two attached hydrogens (primary N) is 1. The third-order valence-corrected chi connectivity index (χ3v) is 6.57. The molecular formula is C25H32N6O3. The number of ether oxygens (including phenoxy) is 1. The zero-order chi connectivity index (χ0) is 24.2. The van der Waals surface area contributed by atoms with Crippen molar-refractivity contribution in [3.05, 3.63) is 58.5 Å². The number of likely N-dealkylation sites (tertiary alicyclic amines) is 1. The van der Waals surface area contributed by atoms with Gasteiger partial charge < -0.3 is 15.8 Å². The molecule has 9 nitrogen and oxygen atoms in total. The van der Waals surface area contributed by atoms with Crippen LogP contribution >= 0.6 is 0 Å². The molecule has 0 atom stereocenters. The van der Waals surface area contributed by atoms with Gasteiger partial charge in [0, 0.05) is 43.5 Å². The monoisotopic (exact) mass is 464 g/mol. The number of methoxy groups -OCH3 is 1. The Kier molecular flexibility index (Phi) is 7.12. The Labute approximate surface area is 199 Å². The largest absolute Gasteiger partial charge is 0.497 e. The van der Waals surface area contributed by atoms with Crippen molar-refractivity contribution in [2.45, 2.75) is 52.1 Å². The summed E-state index contributed by atoms with van der Waals surface area (Å²) in [7, 11) is 1.68. The van der Waals surface area contributed by atoms with Crippen LogP contribution < -0.4 is 15.8 Å². The van der Waals surface area contributed by atoms with Crippen molar-refractivity contribution < 1.29 is 14.3 Å². The number of hydrogen-bond acceptors (Lipinski definition) is 6. The lowest BCUT2D eigenvalue weighted by Crippen LogP contribution is -2.44. The molecule has 2 amide bonds. The van der Waals surface area contributed by atoms with Crippen molar-refractivity contribution >= 4 is 17.5 Å². The van der Waals surface area contributed by atoms with E-state index >= 15 is 0 Å². The highest BCUT2D eigenvalue weighted by Gasteiger charge is 2.22. The van der Waals surface area contributed by atoms with Crippen LogP contribution in [0.15, 0.2) is 30.5 Å². The fourth-order valence-electron chi connectivity index (χ4n) is 4.65. The minimum absolute atomic E-state index is 0.0448. The average molecular weight is 465 g/mol. The molecule has 0 aliphatic carbocycles. The van der Waals surface area contributed by atoms with E-state index in [-0.39, 0.29) is 11.9 Å². The Morgan fingerprint density at radius 3 is 2.71 bits per heavy atom. The first kappa shape index (κ1) is 23.7. The summed E-state index contributed by atoms with van der Waals surface area (Å²) in [5.41, 5.74) is 10.0. The maximum atomic E-state index is 12.7. The van der Waals surface area contributed by atoms with E-state index in [4.69, 9.17) is 10.5 Å². The molecule has 1 aromatic carbocycles. The lowest BCUT2D eigenvalue weighted by atomic mass is 10.0. The van der Waals surface area contributed by atoms with Crippen LogP contribution in [0.5, 0.6) is 5.75 Å². The van der Waals surface area contributed by atoms with Gasteiger partial charge in [0.2, 0.25) is 5.91 Å². The van der Waals surface area contributed by atoms with E-state index in [0.717, 1.165) is 55.2 Å². The summed E-state index contributed by atoms with van der Waals surface area (Å²) in [5, 5.41) is 7.45.